The molecule has 1 saturated heterocycles. The number of amides is 2. The predicted molar refractivity (Wildman–Crippen MR) is 123 cm³/mol. The van der Waals surface area contributed by atoms with Crippen LogP contribution in [0.25, 0.3) is 6.08 Å². The molecule has 3 aliphatic rings. The molecule has 2 fully saturated rings. The summed E-state index contributed by atoms with van der Waals surface area (Å²) in [7, 11) is 0. The van der Waals surface area contributed by atoms with E-state index >= 15 is 0 Å². The van der Waals surface area contributed by atoms with Gasteiger partial charge in [0.25, 0.3) is 5.91 Å². The molecule has 1 aliphatic carbocycles. The molecule has 0 unspecified atom stereocenters. The van der Waals surface area contributed by atoms with E-state index in [-0.39, 0.29) is 17.2 Å². The fourth-order valence-electron chi connectivity index (χ4n) is 4.71. The minimum absolute atomic E-state index is 0.0119. The maximum absolute atomic E-state index is 13.4. The van der Waals surface area contributed by atoms with Crippen LogP contribution in [-0.2, 0) is 15.8 Å². The molecule has 0 atom stereocenters. The van der Waals surface area contributed by atoms with Crippen molar-refractivity contribution in [1.29, 1.82) is 0 Å². The summed E-state index contributed by atoms with van der Waals surface area (Å²) >= 11 is 1.33. The largest absolute Gasteiger partial charge is 0.417 e. The highest BCUT2D eigenvalue weighted by Crippen LogP contribution is 2.37. The van der Waals surface area contributed by atoms with Gasteiger partial charge < -0.3 is 10.6 Å². The number of nitrogens with one attached hydrogen (secondary N) is 2. The molecule has 0 aromatic heterocycles. The van der Waals surface area contributed by atoms with Crippen LogP contribution in [0.3, 0.4) is 0 Å². The molecule has 1 saturated carbocycles. The van der Waals surface area contributed by atoms with Gasteiger partial charge in [0.1, 0.15) is 11.4 Å². The smallest absolute Gasteiger partial charge is 0.329 e. The van der Waals surface area contributed by atoms with Gasteiger partial charge in [0.15, 0.2) is 0 Å². The van der Waals surface area contributed by atoms with Crippen LogP contribution in [-0.4, -0.2) is 41.1 Å². The number of nitrogens with zero attached hydrogens (tertiary/aromatic N) is 2. The van der Waals surface area contributed by atoms with E-state index in [1.54, 1.807) is 5.41 Å². The van der Waals surface area contributed by atoms with Crippen molar-refractivity contribution in [3.63, 3.8) is 0 Å². The van der Waals surface area contributed by atoms with Crippen LogP contribution in [0.5, 0.6) is 0 Å². The Bertz CT molecular complexity index is 950. The average Bonchev–Trinajstić information content (AvgIpc) is 3.12. The molecule has 1 spiro atoms. The first-order valence-corrected chi connectivity index (χ1v) is 12.1. The van der Waals surface area contributed by atoms with E-state index in [9.17, 15) is 22.8 Å². The maximum Gasteiger partial charge on any atom is 0.417 e. The summed E-state index contributed by atoms with van der Waals surface area (Å²) in [5, 5.41) is 6.91. The first-order valence-electron chi connectivity index (χ1n) is 11.2. The quantitative estimate of drug-likeness (QED) is 0.452. The second-order valence-electron chi connectivity index (χ2n) is 8.72. The number of aliphatic imine (C=N–C) groups is 1. The molecule has 2 N–H and O–H groups in total. The molecule has 2 heterocycles. The van der Waals surface area contributed by atoms with E-state index in [1.807, 2.05) is 4.31 Å². The lowest BCUT2D eigenvalue weighted by molar-refractivity contribution is -0.137. The summed E-state index contributed by atoms with van der Waals surface area (Å²) < 4.78 is 42.3. The van der Waals surface area contributed by atoms with Gasteiger partial charge in [-0.05, 0) is 54.9 Å². The number of alkyl halides is 3. The van der Waals surface area contributed by atoms with Crippen molar-refractivity contribution >= 4 is 41.9 Å². The van der Waals surface area contributed by atoms with Crippen molar-refractivity contribution in [2.45, 2.75) is 56.7 Å². The molecule has 4 rings (SSSR count). The van der Waals surface area contributed by atoms with Crippen LogP contribution in [0.1, 0.15) is 56.1 Å². The van der Waals surface area contributed by atoms with Crippen molar-refractivity contribution < 1.29 is 22.8 Å². The van der Waals surface area contributed by atoms with E-state index in [0.29, 0.717) is 38.3 Å². The second-order valence-corrected chi connectivity index (χ2v) is 9.72. The van der Waals surface area contributed by atoms with Crippen molar-refractivity contribution in [1.82, 2.24) is 9.62 Å². The highest BCUT2D eigenvalue weighted by Gasteiger charge is 2.46. The maximum atomic E-state index is 13.4. The van der Waals surface area contributed by atoms with Gasteiger partial charge in [-0.2, -0.15) is 13.2 Å². The summed E-state index contributed by atoms with van der Waals surface area (Å²) in [6, 6.07) is 3.69. The first-order chi connectivity index (χ1) is 15.8. The molecule has 1 aromatic carbocycles. The van der Waals surface area contributed by atoms with Crippen molar-refractivity contribution in [2.75, 3.05) is 18.4 Å². The van der Waals surface area contributed by atoms with Gasteiger partial charge >= 0.3 is 6.18 Å². The molecule has 178 valence electrons. The Hall–Kier alpha value is -2.33. The van der Waals surface area contributed by atoms with Gasteiger partial charge in [-0.25, -0.2) is 4.31 Å². The lowest BCUT2D eigenvalue weighted by atomic mass is 9.88. The Morgan fingerprint density at radius 1 is 1.18 bits per heavy atom. The molecule has 10 heteroatoms. The summed E-state index contributed by atoms with van der Waals surface area (Å²) in [5.41, 5.74) is -1.39. The number of piperidine rings is 1. The normalized spacial score (nSPS) is 21.9. The van der Waals surface area contributed by atoms with E-state index in [0.717, 1.165) is 24.7 Å². The lowest BCUT2D eigenvalue weighted by Crippen LogP contribution is -2.47. The van der Waals surface area contributed by atoms with Crippen LogP contribution >= 0.6 is 11.9 Å². The van der Waals surface area contributed by atoms with Gasteiger partial charge in [-0.1, -0.05) is 37.3 Å². The van der Waals surface area contributed by atoms with Gasteiger partial charge in [0.05, 0.1) is 5.56 Å². The van der Waals surface area contributed by atoms with E-state index in [4.69, 9.17) is 4.99 Å². The first kappa shape index (κ1) is 23.8. The molecular formula is C23H27F3N4O2S. The third-order valence-corrected chi connectivity index (χ3v) is 7.50. The molecule has 1 aromatic rings. The Balaban J connectivity index is 1.37. The predicted octanol–water partition coefficient (Wildman–Crippen LogP) is 4.84. The van der Waals surface area contributed by atoms with Crippen LogP contribution in [0.4, 0.5) is 18.9 Å². The minimum Gasteiger partial charge on any atom is -0.329 e. The molecule has 0 radical (unpaired) electrons. The highest BCUT2D eigenvalue weighted by molar-refractivity contribution is 8.00. The monoisotopic (exact) mass is 480 g/mol. The van der Waals surface area contributed by atoms with E-state index in [1.165, 1.54) is 49.4 Å². The number of carbonyl (C=O) groups is 2. The molecular weight excluding hydrogens is 453 g/mol. The number of carbonyl (C=O) groups excluding carboxylic acids is 2. The van der Waals surface area contributed by atoms with Crippen molar-refractivity contribution in [2.24, 2.45) is 10.9 Å². The zero-order chi connectivity index (χ0) is 23.5. The van der Waals surface area contributed by atoms with Gasteiger partial charge in [0.2, 0.25) is 6.41 Å². The third-order valence-electron chi connectivity index (χ3n) is 6.58. The standard InChI is InChI=1S/C23H27F3N4O2S/c24-23(25,26)19-14-18(27-15-31)7-6-16(19)8-13-33-30-11-9-22(10-12-30)21(32)28-20(29-22)17-4-2-1-3-5-17/h6-8,13-15,17H,1-5,9-12H2,(H,27,31)(H,28,29,32)/b13-8+. The van der Waals surface area contributed by atoms with E-state index < -0.39 is 17.3 Å². The van der Waals surface area contributed by atoms with Crippen LogP contribution in [0.2, 0.25) is 0 Å². The minimum atomic E-state index is -4.54. The Morgan fingerprint density at radius 3 is 2.58 bits per heavy atom. The summed E-state index contributed by atoms with van der Waals surface area (Å²) in [6.07, 6.45) is 4.17. The third kappa shape index (κ3) is 5.43. The molecule has 0 bridgehead atoms. The fourth-order valence-corrected chi connectivity index (χ4v) is 5.48. The number of anilines is 1. The number of hydrogen-bond acceptors (Lipinski definition) is 5. The van der Waals surface area contributed by atoms with Crippen molar-refractivity contribution in [3.05, 3.63) is 34.7 Å². The SMILES string of the molecule is O=CNc1ccc(/C=C/SN2CCC3(CC2)N=C(C2CCCCC2)NC3=O)c(C(F)(F)F)c1. The topological polar surface area (TPSA) is 73.8 Å². The number of halogens is 3. The Morgan fingerprint density at radius 2 is 1.91 bits per heavy atom. The number of benzene rings is 1. The molecule has 6 nitrogen and oxygen atoms in total. The summed E-state index contributed by atoms with van der Waals surface area (Å²) in [5.74, 6) is 1.20. The van der Waals surface area contributed by atoms with Crippen LogP contribution in [0.15, 0.2) is 28.6 Å². The van der Waals surface area contributed by atoms with Gasteiger partial charge in [-0.15, -0.1) is 0 Å². The number of rotatable bonds is 6. The van der Waals surface area contributed by atoms with E-state index in [2.05, 4.69) is 10.6 Å². The van der Waals surface area contributed by atoms with Gasteiger partial charge in [-0.3, -0.25) is 14.6 Å². The molecule has 33 heavy (non-hydrogen) atoms. The number of amidine groups is 1. The average molecular weight is 481 g/mol. The van der Waals surface area contributed by atoms with Crippen molar-refractivity contribution in [3.8, 4) is 0 Å². The fraction of sp³-hybridized carbons (Fsp3) is 0.522. The lowest BCUT2D eigenvalue weighted by Gasteiger charge is -2.34. The highest BCUT2D eigenvalue weighted by atomic mass is 32.2. The Kier molecular flexibility index (Phi) is 7.13. The Labute approximate surface area is 195 Å². The zero-order valence-electron chi connectivity index (χ0n) is 18.2. The zero-order valence-corrected chi connectivity index (χ0v) is 19.0. The van der Waals surface area contributed by atoms with Crippen LogP contribution < -0.4 is 10.6 Å². The van der Waals surface area contributed by atoms with Gasteiger partial charge in [0, 0.05) is 24.7 Å². The molecule has 2 amide bonds. The second kappa shape index (κ2) is 9.89. The summed E-state index contributed by atoms with van der Waals surface area (Å²) in [6.45, 7) is 1.25. The summed E-state index contributed by atoms with van der Waals surface area (Å²) in [4.78, 5) is 28.1. The number of hydrogen-bond donors (Lipinski definition) is 2. The van der Waals surface area contributed by atoms with Crippen LogP contribution in [0, 0.1) is 5.92 Å². The molecule has 2 aliphatic heterocycles.